The standard InChI is InChI=1S/C33H45N3O8/c1-19(2)16-26(33(41)34-15-9-7-8-10-29(39)40)36-25-14-12-22-23(18-27(25)38)24(35-20(3)37)13-11-21-17-28(42-4)31(43-5)32(44-6)30(21)22/h12,14,17-19,24,26H,7-11,13,15-16H2,1-6H3,(H,34,41)(H,35,37)(H,36,38)(H,39,40)/t24-,26-/m0/s1. The fourth-order valence-corrected chi connectivity index (χ4v) is 5.63. The Bertz CT molecular complexity index is 1410. The first kappa shape index (κ1) is 34.2. The minimum Gasteiger partial charge on any atom is -0.493 e. The predicted molar refractivity (Wildman–Crippen MR) is 169 cm³/mol. The SMILES string of the molecule is COc1cc2c(c(OC)c1OC)-c1ccc(N[C@@H](CC(C)C)C(=O)NCCCCCC(=O)O)c(=O)cc1[C@@H](NC(C)=O)CC2. The lowest BCUT2D eigenvalue weighted by Crippen LogP contribution is -2.41. The monoisotopic (exact) mass is 611 g/mol. The lowest BCUT2D eigenvalue weighted by molar-refractivity contribution is -0.137. The number of carbonyl (C=O) groups is 3. The Balaban J connectivity index is 2.04. The molecule has 4 N–H and O–H groups in total. The Kier molecular flexibility index (Phi) is 12.4. The van der Waals surface area contributed by atoms with Crippen molar-refractivity contribution in [2.24, 2.45) is 5.92 Å². The Labute approximate surface area is 258 Å². The number of methoxy groups -OCH3 is 3. The summed E-state index contributed by atoms with van der Waals surface area (Å²) >= 11 is 0. The number of aliphatic carboxylic acids is 1. The molecule has 0 bridgehead atoms. The third kappa shape index (κ3) is 8.64. The number of hydrogen-bond donors (Lipinski definition) is 4. The summed E-state index contributed by atoms with van der Waals surface area (Å²) in [6.07, 6.45) is 3.62. The van der Waals surface area contributed by atoms with Crippen molar-refractivity contribution >= 4 is 23.5 Å². The van der Waals surface area contributed by atoms with Gasteiger partial charge < -0.3 is 35.3 Å². The van der Waals surface area contributed by atoms with Crippen molar-refractivity contribution in [2.75, 3.05) is 33.2 Å². The average molecular weight is 612 g/mol. The summed E-state index contributed by atoms with van der Waals surface area (Å²) in [6.45, 7) is 5.86. The van der Waals surface area contributed by atoms with Crippen LogP contribution in [0.5, 0.6) is 17.2 Å². The molecule has 44 heavy (non-hydrogen) atoms. The van der Waals surface area contributed by atoms with Crippen molar-refractivity contribution in [3.63, 3.8) is 0 Å². The zero-order chi connectivity index (χ0) is 32.4. The Morgan fingerprint density at radius 1 is 1.00 bits per heavy atom. The molecule has 2 aromatic rings. The van der Waals surface area contributed by atoms with Crippen LogP contribution in [-0.4, -0.2) is 56.8 Å². The van der Waals surface area contributed by atoms with Gasteiger partial charge in [-0.2, -0.15) is 0 Å². The van der Waals surface area contributed by atoms with Crippen LogP contribution in [0.25, 0.3) is 11.1 Å². The number of benzene rings is 1. The number of carboxylic acid groups (broad SMARTS) is 1. The zero-order valence-corrected chi connectivity index (χ0v) is 26.5. The van der Waals surface area contributed by atoms with E-state index in [1.54, 1.807) is 20.3 Å². The van der Waals surface area contributed by atoms with E-state index >= 15 is 0 Å². The van der Waals surface area contributed by atoms with Gasteiger partial charge in [0.25, 0.3) is 0 Å². The van der Waals surface area contributed by atoms with Crippen LogP contribution in [-0.2, 0) is 20.8 Å². The molecule has 0 aromatic heterocycles. The van der Waals surface area contributed by atoms with Gasteiger partial charge in [-0.25, -0.2) is 0 Å². The normalized spacial score (nSPS) is 14.4. The van der Waals surface area contributed by atoms with E-state index in [2.05, 4.69) is 16.0 Å². The third-order valence-corrected chi connectivity index (χ3v) is 7.64. The molecule has 0 heterocycles. The lowest BCUT2D eigenvalue weighted by Gasteiger charge is -2.20. The zero-order valence-electron chi connectivity index (χ0n) is 26.5. The van der Waals surface area contributed by atoms with Gasteiger partial charge in [-0.3, -0.25) is 19.2 Å². The highest BCUT2D eigenvalue weighted by atomic mass is 16.5. The summed E-state index contributed by atoms with van der Waals surface area (Å²) in [5.41, 5.74) is 2.93. The number of hydrogen-bond acceptors (Lipinski definition) is 8. The average Bonchev–Trinajstić information content (AvgIpc) is 3.21. The van der Waals surface area contributed by atoms with Crippen molar-refractivity contribution in [3.05, 3.63) is 45.6 Å². The number of amides is 2. The molecule has 11 heteroatoms. The molecule has 0 saturated heterocycles. The van der Waals surface area contributed by atoms with Gasteiger partial charge in [-0.05, 0) is 72.9 Å². The molecule has 0 radical (unpaired) electrons. The molecule has 2 amide bonds. The molecule has 2 aromatic carbocycles. The molecule has 0 fully saturated rings. The number of rotatable bonds is 15. The van der Waals surface area contributed by atoms with Crippen molar-refractivity contribution in [2.45, 2.75) is 77.8 Å². The van der Waals surface area contributed by atoms with E-state index in [-0.39, 0.29) is 35.3 Å². The second-order valence-corrected chi connectivity index (χ2v) is 11.4. The number of fused-ring (bicyclic) bond motifs is 3. The molecule has 240 valence electrons. The quantitative estimate of drug-likeness (QED) is 0.214. The molecule has 0 aliphatic heterocycles. The van der Waals surface area contributed by atoms with Crippen LogP contribution in [0.4, 0.5) is 5.69 Å². The summed E-state index contributed by atoms with van der Waals surface area (Å²) < 4.78 is 17.1. The highest BCUT2D eigenvalue weighted by molar-refractivity contribution is 5.86. The minimum atomic E-state index is -0.832. The number of carbonyl (C=O) groups excluding carboxylic acids is 2. The van der Waals surface area contributed by atoms with Gasteiger partial charge in [0, 0.05) is 25.5 Å². The van der Waals surface area contributed by atoms with Crippen molar-refractivity contribution in [3.8, 4) is 28.4 Å². The van der Waals surface area contributed by atoms with Crippen molar-refractivity contribution in [1.82, 2.24) is 10.6 Å². The predicted octanol–water partition coefficient (Wildman–Crippen LogP) is 4.45. The molecule has 1 aliphatic carbocycles. The number of nitrogens with one attached hydrogen (secondary N) is 3. The van der Waals surface area contributed by atoms with Crippen molar-refractivity contribution in [1.29, 1.82) is 0 Å². The van der Waals surface area contributed by atoms with E-state index in [4.69, 9.17) is 19.3 Å². The van der Waals surface area contributed by atoms with Crippen LogP contribution in [0.3, 0.4) is 0 Å². The van der Waals surface area contributed by atoms with Crippen LogP contribution in [0.1, 0.15) is 76.5 Å². The molecule has 2 atom stereocenters. The first-order valence-corrected chi connectivity index (χ1v) is 15.0. The first-order chi connectivity index (χ1) is 21.0. The molecule has 3 rings (SSSR count). The fourth-order valence-electron chi connectivity index (χ4n) is 5.63. The van der Waals surface area contributed by atoms with E-state index in [1.165, 1.54) is 20.1 Å². The molecule has 0 unspecified atom stereocenters. The second kappa shape index (κ2) is 16.0. The van der Waals surface area contributed by atoms with E-state index < -0.39 is 18.1 Å². The van der Waals surface area contributed by atoms with Gasteiger partial charge in [0.05, 0.1) is 33.1 Å². The van der Waals surface area contributed by atoms with E-state index in [1.807, 2.05) is 26.0 Å². The van der Waals surface area contributed by atoms with Crippen LogP contribution >= 0.6 is 0 Å². The van der Waals surface area contributed by atoms with Gasteiger partial charge in [0.1, 0.15) is 6.04 Å². The molecular weight excluding hydrogens is 566 g/mol. The summed E-state index contributed by atoms with van der Waals surface area (Å²) in [7, 11) is 4.63. The smallest absolute Gasteiger partial charge is 0.303 e. The number of carboxylic acids is 1. The first-order valence-electron chi connectivity index (χ1n) is 15.0. The van der Waals surface area contributed by atoms with Crippen LogP contribution in [0, 0.1) is 5.92 Å². The summed E-state index contributed by atoms with van der Waals surface area (Å²) in [6, 6.07) is 5.80. The Hall–Kier alpha value is -4.28. The molecule has 11 nitrogen and oxygen atoms in total. The van der Waals surface area contributed by atoms with E-state index in [0.29, 0.717) is 73.4 Å². The highest BCUT2D eigenvalue weighted by Gasteiger charge is 2.30. The van der Waals surface area contributed by atoms with Crippen LogP contribution in [0.15, 0.2) is 29.1 Å². The van der Waals surface area contributed by atoms with Crippen LogP contribution in [0.2, 0.25) is 0 Å². The van der Waals surface area contributed by atoms with Gasteiger partial charge >= 0.3 is 5.97 Å². The number of aryl methyl sites for hydroxylation is 1. The molecule has 0 spiro atoms. The minimum absolute atomic E-state index is 0.103. The maximum Gasteiger partial charge on any atom is 0.303 e. The van der Waals surface area contributed by atoms with E-state index in [9.17, 15) is 19.2 Å². The van der Waals surface area contributed by atoms with Gasteiger partial charge in [-0.1, -0.05) is 26.3 Å². The van der Waals surface area contributed by atoms with Crippen molar-refractivity contribution < 1.29 is 33.7 Å². The second-order valence-electron chi connectivity index (χ2n) is 11.4. The summed E-state index contributed by atoms with van der Waals surface area (Å²) in [5.74, 6) is 0.273. The number of ether oxygens (including phenoxy) is 3. The summed E-state index contributed by atoms with van der Waals surface area (Å²) in [5, 5.41) is 17.9. The number of anilines is 1. The van der Waals surface area contributed by atoms with Gasteiger partial charge in [0.2, 0.25) is 23.0 Å². The Morgan fingerprint density at radius 3 is 2.34 bits per heavy atom. The van der Waals surface area contributed by atoms with Gasteiger partial charge in [-0.15, -0.1) is 0 Å². The fraction of sp³-hybridized carbons (Fsp3) is 0.515. The maximum atomic E-state index is 13.7. The molecule has 0 saturated carbocycles. The summed E-state index contributed by atoms with van der Waals surface area (Å²) in [4.78, 5) is 49.9. The highest BCUT2D eigenvalue weighted by Crippen LogP contribution is 2.50. The number of unbranched alkanes of at least 4 members (excludes halogenated alkanes) is 2. The Morgan fingerprint density at radius 2 is 1.73 bits per heavy atom. The van der Waals surface area contributed by atoms with Crippen LogP contribution < -0.4 is 35.6 Å². The van der Waals surface area contributed by atoms with E-state index in [0.717, 1.165) is 11.1 Å². The molecular formula is C33H45N3O8. The maximum absolute atomic E-state index is 13.7. The van der Waals surface area contributed by atoms with Gasteiger partial charge in [0.15, 0.2) is 11.5 Å². The largest absolute Gasteiger partial charge is 0.493 e. The third-order valence-electron chi connectivity index (χ3n) is 7.64. The molecule has 1 aliphatic rings. The topological polar surface area (TPSA) is 152 Å². The lowest BCUT2D eigenvalue weighted by atomic mass is 9.95.